The summed E-state index contributed by atoms with van der Waals surface area (Å²) >= 11 is 0. The molecule has 1 N–H and O–H groups in total. The van der Waals surface area contributed by atoms with E-state index in [1.807, 2.05) is 18.5 Å². The van der Waals surface area contributed by atoms with Gasteiger partial charge in [-0.1, -0.05) is 6.42 Å². The Kier molecular flexibility index (Phi) is 4.52. The lowest BCUT2D eigenvalue weighted by molar-refractivity contribution is -0.131. The first kappa shape index (κ1) is 14.0. The molecule has 1 aromatic heterocycles. The van der Waals surface area contributed by atoms with Crippen LogP contribution >= 0.6 is 0 Å². The van der Waals surface area contributed by atoms with Crippen molar-refractivity contribution in [2.45, 2.75) is 51.7 Å². The lowest BCUT2D eigenvalue weighted by Gasteiger charge is -2.24. The molecule has 0 spiro atoms. The highest BCUT2D eigenvalue weighted by Crippen LogP contribution is 2.34. The molecule has 0 aromatic carbocycles. The first-order valence-electron chi connectivity index (χ1n) is 6.91. The van der Waals surface area contributed by atoms with Crippen molar-refractivity contribution in [1.29, 1.82) is 0 Å². The number of ether oxygens (including phenoxy) is 1. The smallest absolute Gasteiger partial charge is 0.249 e. The molecule has 1 amide bonds. The molecule has 19 heavy (non-hydrogen) atoms. The van der Waals surface area contributed by atoms with Crippen molar-refractivity contribution in [2.75, 3.05) is 6.61 Å². The molecule has 1 aromatic rings. The summed E-state index contributed by atoms with van der Waals surface area (Å²) < 4.78 is 7.23. The van der Waals surface area contributed by atoms with E-state index in [1.165, 1.54) is 19.3 Å². The van der Waals surface area contributed by atoms with E-state index >= 15 is 0 Å². The number of rotatable bonds is 6. The molecule has 1 aliphatic rings. The van der Waals surface area contributed by atoms with Gasteiger partial charge in [0.15, 0.2) is 5.82 Å². The van der Waals surface area contributed by atoms with Gasteiger partial charge in [0.1, 0.15) is 11.9 Å². The molecule has 0 saturated heterocycles. The summed E-state index contributed by atoms with van der Waals surface area (Å²) in [5.41, 5.74) is 0. The van der Waals surface area contributed by atoms with Gasteiger partial charge < -0.3 is 14.6 Å². The lowest BCUT2D eigenvalue weighted by Crippen LogP contribution is -2.34. The summed E-state index contributed by atoms with van der Waals surface area (Å²) in [5, 5.41) is 11.2. The molecular formula is C13H22N4O2. The number of amides is 1. The molecule has 6 heteroatoms. The van der Waals surface area contributed by atoms with Gasteiger partial charge in [0.05, 0.1) is 6.54 Å². The van der Waals surface area contributed by atoms with E-state index in [2.05, 4.69) is 15.5 Å². The van der Waals surface area contributed by atoms with E-state index in [9.17, 15) is 4.79 Å². The Morgan fingerprint density at radius 3 is 2.84 bits per heavy atom. The number of nitrogens with zero attached hydrogens (tertiary/aromatic N) is 3. The van der Waals surface area contributed by atoms with Gasteiger partial charge in [-0.3, -0.25) is 4.79 Å². The molecule has 6 nitrogen and oxygen atoms in total. The van der Waals surface area contributed by atoms with Crippen molar-refractivity contribution in [1.82, 2.24) is 20.1 Å². The van der Waals surface area contributed by atoms with Crippen LogP contribution in [0, 0.1) is 0 Å². The topological polar surface area (TPSA) is 69.0 Å². The molecular weight excluding hydrogens is 244 g/mol. The zero-order chi connectivity index (χ0) is 13.8. The van der Waals surface area contributed by atoms with E-state index in [0.717, 1.165) is 11.6 Å². The maximum atomic E-state index is 11.7. The summed E-state index contributed by atoms with van der Waals surface area (Å²) in [4.78, 5) is 11.7. The van der Waals surface area contributed by atoms with Crippen LogP contribution in [-0.2, 0) is 23.1 Å². The molecule has 1 aliphatic carbocycles. The summed E-state index contributed by atoms with van der Waals surface area (Å²) in [6.45, 7) is 4.55. The molecule has 1 fully saturated rings. The monoisotopic (exact) mass is 266 g/mol. The number of hydrogen-bond acceptors (Lipinski definition) is 4. The standard InChI is InChI=1S/C13H22N4O2/c1-4-19-9(2)13(18)14-8-11-15-16-12(17(11)3)10-6-5-7-10/h9-10H,4-8H2,1-3H3,(H,14,18)/t9-/m1/s1. The molecule has 1 atom stereocenters. The number of carbonyl (C=O) groups excluding carboxylic acids is 1. The van der Waals surface area contributed by atoms with Crippen LogP contribution in [0.25, 0.3) is 0 Å². The van der Waals surface area contributed by atoms with Crippen LogP contribution in [0.5, 0.6) is 0 Å². The van der Waals surface area contributed by atoms with Crippen LogP contribution in [0.2, 0.25) is 0 Å². The predicted octanol–water partition coefficient (Wildman–Crippen LogP) is 1.12. The Morgan fingerprint density at radius 2 is 2.26 bits per heavy atom. The van der Waals surface area contributed by atoms with E-state index < -0.39 is 6.10 Å². The van der Waals surface area contributed by atoms with Gasteiger partial charge in [-0.2, -0.15) is 0 Å². The van der Waals surface area contributed by atoms with Crippen LogP contribution in [0.15, 0.2) is 0 Å². The Bertz CT molecular complexity index is 440. The van der Waals surface area contributed by atoms with Crippen molar-refractivity contribution < 1.29 is 9.53 Å². The normalized spacial score (nSPS) is 17.0. The molecule has 1 heterocycles. The van der Waals surface area contributed by atoms with E-state index in [1.54, 1.807) is 6.92 Å². The maximum absolute atomic E-state index is 11.7. The van der Waals surface area contributed by atoms with Crippen molar-refractivity contribution in [3.05, 3.63) is 11.6 Å². The Labute approximate surface area is 113 Å². The molecule has 0 bridgehead atoms. The summed E-state index contributed by atoms with van der Waals surface area (Å²) in [5.74, 6) is 2.26. The Hall–Kier alpha value is -1.43. The van der Waals surface area contributed by atoms with Crippen molar-refractivity contribution in [3.63, 3.8) is 0 Å². The summed E-state index contributed by atoms with van der Waals surface area (Å²) in [6.07, 6.45) is 3.24. The van der Waals surface area contributed by atoms with Crippen LogP contribution in [0.4, 0.5) is 0 Å². The average Bonchev–Trinajstić information content (AvgIpc) is 2.67. The van der Waals surface area contributed by atoms with E-state index in [-0.39, 0.29) is 5.91 Å². The van der Waals surface area contributed by atoms with Crippen molar-refractivity contribution in [3.8, 4) is 0 Å². The van der Waals surface area contributed by atoms with Crippen LogP contribution in [0.1, 0.15) is 50.7 Å². The number of aromatic nitrogens is 3. The third-order valence-electron chi connectivity index (χ3n) is 3.68. The molecule has 0 unspecified atom stereocenters. The van der Waals surface area contributed by atoms with E-state index in [4.69, 9.17) is 4.74 Å². The highest BCUT2D eigenvalue weighted by atomic mass is 16.5. The SMILES string of the molecule is CCO[C@H](C)C(=O)NCc1nnc(C2CCC2)n1C. The minimum Gasteiger partial charge on any atom is -0.369 e. The highest BCUT2D eigenvalue weighted by Gasteiger charge is 2.25. The van der Waals surface area contributed by atoms with Gasteiger partial charge in [-0.25, -0.2) is 0 Å². The summed E-state index contributed by atoms with van der Waals surface area (Å²) in [6, 6.07) is 0. The van der Waals surface area contributed by atoms with E-state index in [0.29, 0.717) is 19.1 Å². The molecule has 106 valence electrons. The van der Waals surface area contributed by atoms with Gasteiger partial charge in [-0.05, 0) is 26.7 Å². The van der Waals surface area contributed by atoms with Gasteiger partial charge in [0, 0.05) is 19.6 Å². The van der Waals surface area contributed by atoms with Gasteiger partial charge in [0.2, 0.25) is 5.91 Å². The Balaban J connectivity index is 1.89. The second-order valence-electron chi connectivity index (χ2n) is 4.98. The van der Waals surface area contributed by atoms with Gasteiger partial charge in [0.25, 0.3) is 0 Å². The zero-order valence-electron chi connectivity index (χ0n) is 11.8. The van der Waals surface area contributed by atoms with Gasteiger partial charge >= 0.3 is 0 Å². The molecule has 0 radical (unpaired) electrons. The molecule has 1 saturated carbocycles. The van der Waals surface area contributed by atoms with Gasteiger partial charge in [-0.15, -0.1) is 10.2 Å². The first-order chi connectivity index (χ1) is 9.13. The third kappa shape index (κ3) is 3.12. The van der Waals surface area contributed by atoms with Crippen LogP contribution in [0.3, 0.4) is 0 Å². The minimum absolute atomic E-state index is 0.116. The van der Waals surface area contributed by atoms with Crippen molar-refractivity contribution >= 4 is 5.91 Å². The quantitative estimate of drug-likeness (QED) is 0.838. The number of carbonyl (C=O) groups is 1. The fourth-order valence-corrected chi connectivity index (χ4v) is 2.19. The highest BCUT2D eigenvalue weighted by molar-refractivity contribution is 5.80. The van der Waals surface area contributed by atoms with Crippen molar-refractivity contribution in [2.24, 2.45) is 7.05 Å². The second-order valence-corrected chi connectivity index (χ2v) is 4.98. The number of nitrogens with one attached hydrogen (secondary N) is 1. The fraction of sp³-hybridized carbons (Fsp3) is 0.769. The largest absolute Gasteiger partial charge is 0.369 e. The van der Waals surface area contributed by atoms with Crippen LogP contribution < -0.4 is 5.32 Å². The first-order valence-corrected chi connectivity index (χ1v) is 6.91. The average molecular weight is 266 g/mol. The lowest BCUT2D eigenvalue weighted by atomic mass is 9.85. The minimum atomic E-state index is -0.427. The van der Waals surface area contributed by atoms with Crippen LogP contribution in [-0.4, -0.2) is 33.4 Å². The third-order valence-corrected chi connectivity index (χ3v) is 3.68. The molecule has 2 rings (SSSR count). The molecule has 0 aliphatic heterocycles. The zero-order valence-corrected chi connectivity index (χ0v) is 11.8. The Morgan fingerprint density at radius 1 is 1.53 bits per heavy atom. The summed E-state index contributed by atoms with van der Waals surface area (Å²) in [7, 11) is 1.96. The predicted molar refractivity (Wildman–Crippen MR) is 70.5 cm³/mol. The number of hydrogen-bond donors (Lipinski definition) is 1. The maximum Gasteiger partial charge on any atom is 0.249 e. The second kappa shape index (κ2) is 6.14. The fourth-order valence-electron chi connectivity index (χ4n) is 2.19.